The molecule has 0 saturated heterocycles. The van der Waals surface area contributed by atoms with Crippen LogP contribution in [0.4, 0.5) is 0 Å². The van der Waals surface area contributed by atoms with E-state index < -0.39 is 17.9 Å². The molecule has 0 saturated carbocycles. The number of hydrazone groups is 1. The van der Waals surface area contributed by atoms with E-state index in [-0.39, 0.29) is 24.5 Å². The smallest absolute Gasteiger partial charge is 0.333 e. The zero-order valence-electron chi connectivity index (χ0n) is 13.4. The van der Waals surface area contributed by atoms with E-state index in [1.54, 1.807) is 24.3 Å². The topological polar surface area (TPSA) is 79.3 Å². The van der Waals surface area contributed by atoms with Crippen molar-refractivity contribution in [1.82, 2.24) is 9.91 Å². The van der Waals surface area contributed by atoms with Gasteiger partial charge in [0, 0.05) is 26.9 Å². The van der Waals surface area contributed by atoms with Gasteiger partial charge in [-0.15, -0.1) is 0 Å². The Labute approximate surface area is 134 Å². The molecule has 0 radical (unpaired) electrons. The predicted molar refractivity (Wildman–Crippen MR) is 83.4 cm³/mol. The molecule has 122 valence electrons. The molecule has 2 rings (SSSR count). The van der Waals surface area contributed by atoms with Crippen LogP contribution in [-0.4, -0.2) is 54.6 Å². The van der Waals surface area contributed by atoms with Crippen molar-refractivity contribution in [2.45, 2.75) is 18.9 Å². The lowest BCUT2D eigenvalue weighted by molar-refractivity contribution is -0.150. The number of carbonyl (C=O) groups is 3. The highest BCUT2D eigenvalue weighted by molar-refractivity contribution is 6.39. The summed E-state index contributed by atoms with van der Waals surface area (Å²) >= 11 is 0. The predicted octanol–water partition coefficient (Wildman–Crippen LogP) is 0.967. The number of carbonyl (C=O) groups excluding carboxylic acids is 3. The first-order chi connectivity index (χ1) is 11.0. The number of hydrogen-bond donors (Lipinski definition) is 0. The van der Waals surface area contributed by atoms with Gasteiger partial charge in [-0.25, -0.2) is 9.80 Å². The fourth-order valence-corrected chi connectivity index (χ4v) is 2.41. The van der Waals surface area contributed by atoms with Crippen LogP contribution in [0.5, 0.6) is 0 Å². The molecular weight excluding hydrogens is 298 g/mol. The van der Waals surface area contributed by atoms with Crippen LogP contribution < -0.4 is 0 Å². The SMILES string of the molecule is COC(=O)[C@H](c1ccccc1)N(C)C(=O)C1=NN(C)C(=O)CC1. The van der Waals surface area contributed by atoms with Crippen LogP contribution in [0.15, 0.2) is 35.4 Å². The molecule has 0 unspecified atom stereocenters. The lowest BCUT2D eigenvalue weighted by Gasteiger charge is -2.28. The minimum absolute atomic E-state index is 0.142. The summed E-state index contributed by atoms with van der Waals surface area (Å²) in [7, 11) is 4.31. The molecule has 23 heavy (non-hydrogen) atoms. The quantitative estimate of drug-likeness (QED) is 0.775. The fraction of sp³-hybridized carbons (Fsp3) is 0.375. The fourth-order valence-electron chi connectivity index (χ4n) is 2.41. The largest absolute Gasteiger partial charge is 0.467 e. The molecule has 0 aromatic heterocycles. The summed E-state index contributed by atoms with van der Waals surface area (Å²) in [4.78, 5) is 37.5. The van der Waals surface area contributed by atoms with E-state index in [2.05, 4.69) is 5.10 Å². The summed E-state index contributed by atoms with van der Waals surface area (Å²) in [5, 5.41) is 5.16. The van der Waals surface area contributed by atoms with E-state index >= 15 is 0 Å². The Morgan fingerprint density at radius 2 is 1.91 bits per heavy atom. The maximum absolute atomic E-state index is 12.6. The molecule has 1 atom stereocenters. The number of hydrogen-bond acceptors (Lipinski definition) is 5. The second kappa shape index (κ2) is 7.04. The molecule has 1 aromatic rings. The molecule has 7 nitrogen and oxygen atoms in total. The number of benzene rings is 1. The average Bonchev–Trinajstić information content (AvgIpc) is 2.57. The van der Waals surface area contributed by atoms with Gasteiger partial charge >= 0.3 is 5.97 Å². The van der Waals surface area contributed by atoms with Crippen LogP contribution in [0.25, 0.3) is 0 Å². The summed E-state index contributed by atoms with van der Waals surface area (Å²) in [5.41, 5.74) is 0.899. The second-order valence-corrected chi connectivity index (χ2v) is 5.22. The molecule has 7 heteroatoms. The maximum Gasteiger partial charge on any atom is 0.333 e. The minimum atomic E-state index is -0.862. The third-order valence-corrected chi connectivity index (χ3v) is 3.70. The number of likely N-dealkylation sites (N-methyl/N-ethyl adjacent to an activating group) is 1. The molecule has 1 aromatic carbocycles. The average molecular weight is 317 g/mol. The van der Waals surface area contributed by atoms with Crippen LogP contribution in [0, 0.1) is 0 Å². The third-order valence-electron chi connectivity index (χ3n) is 3.70. The van der Waals surface area contributed by atoms with Crippen molar-refractivity contribution in [3.63, 3.8) is 0 Å². The van der Waals surface area contributed by atoms with E-state index in [9.17, 15) is 14.4 Å². The number of nitrogens with zero attached hydrogens (tertiary/aromatic N) is 3. The molecule has 0 spiro atoms. The molecule has 0 bridgehead atoms. The normalized spacial score (nSPS) is 15.7. The van der Waals surface area contributed by atoms with Crippen LogP contribution in [0.1, 0.15) is 24.4 Å². The van der Waals surface area contributed by atoms with E-state index in [0.29, 0.717) is 5.56 Å². The molecule has 1 aliphatic rings. The number of methoxy groups -OCH3 is 1. The van der Waals surface area contributed by atoms with Crippen LogP contribution in [0.3, 0.4) is 0 Å². The third kappa shape index (κ3) is 3.56. The number of rotatable bonds is 4. The van der Waals surface area contributed by atoms with Gasteiger partial charge in [0.1, 0.15) is 5.71 Å². The minimum Gasteiger partial charge on any atom is -0.467 e. The first-order valence-corrected chi connectivity index (χ1v) is 7.19. The Hall–Kier alpha value is -2.70. The first kappa shape index (κ1) is 16.7. The first-order valence-electron chi connectivity index (χ1n) is 7.19. The van der Waals surface area contributed by atoms with Crippen molar-refractivity contribution >= 4 is 23.5 Å². The van der Waals surface area contributed by atoms with Gasteiger partial charge < -0.3 is 9.64 Å². The van der Waals surface area contributed by atoms with E-state index in [0.717, 1.165) is 5.01 Å². The highest BCUT2D eigenvalue weighted by Crippen LogP contribution is 2.22. The Morgan fingerprint density at radius 3 is 2.48 bits per heavy atom. The number of esters is 1. The van der Waals surface area contributed by atoms with Crippen LogP contribution in [-0.2, 0) is 19.1 Å². The lowest BCUT2D eigenvalue weighted by atomic mass is 10.0. The summed E-state index contributed by atoms with van der Waals surface area (Å²) in [6, 6.07) is 8.04. The summed E-state index contributed by atoms with van der Waals surface area (Å²) in [6.45, 7) is 0. The lowest BCUT2D eigenvalue weighted by Crippen LogP contribution is -2.42. The van der Waals surface area contributed by atoms with Crippen LogP contribution in [0.2, 0.25) is 0 Å². The van der Waals surface area contributed by atoms with E-state index in [4.69, 9.17) is 4.74 Å². The van der Waals surface area contributed by atoms with Gasteiger partial charge in [0.05, 0.1) is 7.11 Å². The highest BCUT2D eigenvalue weighted by atomic mass is 16.5. The number of amides is 2. The van der Waals surface area contributed by atoms with Gasteiger partial charge in [0.2, 0.25) is 5.91 Å². The molecule has 1 heterocycles. The Kier molecular flexibility index (Phi) is 5.10. The molecule has 0 fully saturated rings. The second-order valence-electron chi connectivity index (χ2n) is 5.22. The van der Waals surface area contributed by atoms with Gasteiger partial charge in [0.25, 0.3) is 5.91 Å². The van der Waals surface area contributed by atoms with Crippen LogP contribution >= 0.6 is 0 Å². The van der Waals surface area contributed by atoms with Gasteiger partial charge in [-0.2, -0.15) is 5.10 Å². The summed E-state index contributed by atoms with van der Waals surface area (Å²) in [5.74, 6) is -1.08. The Balaban J connectivity index is 2.29. The number of ether oxygens (including phenoxy) is 1. The molecule has 0 N–H and O–H groups in total. The van der Waals surface area contributed by atoms with Crippen molar-refractivity contribution in [2.75, 3.05) is 21.2 Å². The Bertz CT molecular complexity index is 642. The van der Waals surface area contributed by atoms with E-state index in [1.165, 1.54) is 26.1 Å². The maximum atomic E-state index is 12.6. The highest BCUT2D eigenvalue weighted by Gasteiger charge is 2.33. The zero-order valence-corrected chi connectivity index (χ0v) is 13.4. The molecule has 0 aliphatic carbocycles. The van der Waals surface area contributed by atoms with Crippen molar-refractivity contribution in [2.24, 2.45) is 5.10 Å². The van der Waals surface area contributed by atoms with E-state index in [1.807, 2.05) is 6.07 Å². The zero-order chi connectivity index (χ0) is 17.0. The summed E-state index contributed by atoms with van der Waals surface area (Å²) in [6.07, 6.45) is 0.484. The molecule has 1 aliphatic heterocycles. The van der Waals surface area contributed by atoms with Crippen molar-refractivity contribution in [3.8, 4) is 0 Å². The summed E-state index contributed by atoms with van der Waals surface area (Å²) < 4.78 is 4.83. The molecule has 2 amide bonds. The van der Waals surface area contributed by atoms with Crippen molar-refractivity contribution < 1.29 is 19.1 Å². The van der Waals surface area contributed by atoms with Crippen molar-refractivity contribution in [1.29, 1.82) is 0 Å². The Morgan fingerprint density at radius 1 is 1.26 bits per heavy atom. The monoisotopic (exact) mass is 317 g/mol. The molecular formula is C16H19N3O4. The van der Waals surface area contributed by atoms with Gasteiger partial charge in [0.15, 0.2) is 6.04 Å². The van der Waals surface area contributed by atoms with Gasteiger partial charge in [-0.3, -0.25) is 9.59 Å². The standard InChI is InChI=1S/C16H19N3O4/c1-18(15(21)12-9-10-13(20)19(2)17-12)14(16(22)23-3)11-7-5-4-6-8-11/h4-8,14H,9-10H2,1-3H3/t14-/m0/s1. The van der Waals surface area contributed by atoms with Crippen molar-refractivity contribution in [3.05, 3.63) is 35.9 Å². The van der Waals surface area contributed by atoms with Gasteiger partial charge in [-0.1, -0.05) is 30.3 Å². The van der Waals surface area contributed by atoms with Gasteiger partial charge in [-0.05, 0) is 5.56 Å².